The summed E-state index contributed by atoms with van der Waals surface area (Å²) in [4.78, 5) is 11.7. The molecule has 0 aliphatic carbocycles. The van der Waals surface area contributed by atoms with E-state index in [1.165, 1.54) is 0 Å². The first-order chi connectivity index (χ1) is 16.3. The molecule has 0 radical (unpaired) electrons. The van der Waals surface area contributed by atoms with Gasteiger partial charge in [-0.15, -0.1) is 0 Å². The molecule has 5 atom stereocenters. The Hall–Kier alpha value is -0.940. The number of unbranched alkanes of at least 4 members (excludes halogenated alkanes) is 4. The molecule has 0 N–H and O–H groups in total. The molecule has 34 heavy (non-hydrogen) atoms. The molecular weight excluding hydrogens is 457 g/mol. The predicted molar refractivity (Wildman–Crippen MR) is 120 cm³/mol. The van der Waals surface area contributed by atoms with Crippen LogP contribution in [-0.2, 0) is 33.2 Å². The minimum atomic E-state index is -5.16. The Morgan fingerprint density at radius 1 is 0.735 bits per heavy atom. The van der Waals surface area contributed by atoms with Crippen molar-refractivity contribution < 1.29 is 46.4 Å². The maximum Gasteiger partial charge on any atom is 0.491 e. The topological polar surface area (TPSA) is 72.5 Å². The van der Waals surface area contributed by atoms with Gasteiger partial charge in [-0.25, -0.2) is 4.79 Å². The highest BCUT2D eigenvalue weighted by molar-refractivity contribution is 5.75. The summed E-state index contributed by atoms with van der Waals surface area (Å²) in [7, 11) is 0. The summed E-state index contributed by atoms with van der Waals surface area (Å²) < 4.78 is 73.5. The van der Waals surface area contributed by atoms with E-state index in [1.54, 1.807) is 0 Å². The van der Waals surface area contributed by atoms with Crippen molar-refractivity contribution in [3.8, 4) is 0 Å². The summed E-state index contributed by atoms with van der Waals surface area (Å²) in [5, 5.41) is 0. The van der Waals surface area contributed by atoms with E-state index in [4.69, 9.17) is 28.4 Å². The zero-order valence-corrected chi connectivity index (χ0v) is 21.1. The molecule has 0 amide bonds. The van der Waals surface area contributed by atoms with E-state index in [9.17, 15) is 18.0 Å². The second-order valence-corrected chi connectivity index (χ2v) is 8.44. The van der Waals surface area contributed by atoms with Crippen LogP contribution in [0.1, 0.15) is 79.1 Å². The quantitative estimate of drug-likeness (QED) is 0.189. The first-order valence-corrected chi connectivity index (χ1v) is 12.7. The zero-order chi connectivity index (χ0) is 25.4. The van der Waals surface area contributed by atoms with Crippen molar-refractivity contribution in [2.24, 2.45) is 0 Å². The van der Waals surface area contributed by atoms with Crippen LogP contribution in [0.4, 0.5) is 13.2 Å². The van der Waals surface area contributed by atoms with Gasteiger partial charge in [-0.1, -0.05) is 53.4 Å². The molecule has 10 heteroatoms. The fraction of sp³-hybridized carbons (Fsp3) is 0.958. The highest BCUT2D eigenvalue weighted by Crippen LogP contribution is 2.31. The number of ether oxygens (including phenoxy) is 6. The first-order valence-electron chi connectivity index (χ1n) is 12.7. The average Bonchev–Trinajstić information content (AvgIpc) is 2.79. The molecule has 1 heterocycles. The maximum absolute atomic E-state index is 13.0. The van der Waals surface area contributed by atoms with Crippen molar-refractivity contribution in [2.75, 3.05) is 33.0 Å². The standard InChI is InChI=1S/C24H43F3O7/c1-5-9-13-29-17-18-19(30-14-10-6-2)20(31-15-11-7-3)21(32-16-12-8-4)22(33-18)34-23(28)24(25,26)27/h18-22H,5-17H2,1-4H3. The van der Waals surface area contributed by atoms with E-state index in [0.717, 1.165) is 44.9 Å². The smallest absolute Gasteiger partial charge is 0.426 e. The van der Waals surface area contributed by atoms with Crippen LogP contribution in [0.3, 0.4) is 0 Å². The lowest BCUT2D eigenvalue weighted by atomic mass is 9.98. The second-order valence-electron chi connectivity index (χ2n) is 8.44. The third-order valence-corrected chi connectivity index (χ3v) is 5.39. The van der Waals surface area contributed by atoms with Gasteiger partial charge in [-0.05, 0) is 25.7 Å². The summed E-state index contributed by atoms with van der Waals surface area (Å²) in [6, 6.07) is 0. The number of carbonyl (C=O) groups is 1. The Bertz CT molecular complexity index is 533. The molecule has 0 aromatic carbocycles. The Balaban J connectivity index is 3.19. The minimum Gasteiger partial charge on any atom is -0.426 e. The Morgan fingerprint density at radius 2 is 1.21 bits per heavy atom. The minimum absolute atomic E-state index is 0.0756. The van der Waals surface area contributed by atoms with Crippen LogP contribution < -0.4 is 0 Å². The molecule has 1 rings (SSSR count). The van der Waals surface area contributed by atoms with Gasteiger partial charge < -0.3 is 28.4 Å². The molecule has 5 unspecified atom stereocenters. The van der Waals surface area contributed by atoms with E-state index >= 15 is 0 Å². The lowest BCUT2D eigenvalue weighted by Gasteiger charge is -2.45. The molecular formula is C24H43F3O7. The van der Waals surface area contributed by atoms with Crippen molar-refractivity contribution in [3.63, 3.8) is 0 Å². The molecule has 202 valence electrons. The van der Waals surface area contributed by atoms with Gasteiger partial charge in [0.1, 0.15) is 24.4 Å². The fourth-order valence-electron chi connectivity index (χ4n) is 3.38. The Kier molecular flexibility index (Phi) is 16.0. The fourth-order valence-corrected chi connectivity index (χ4v) is 3.38. The lowest BCUT2D eigenvalue weighted by molar-refractivity contribution is -0.322. The van der Waals surface area contributed by atoms with Gasteiger partial charge in [0, 0.05) is 26.4 Å². The van der Waals surface area contributed by atoms with Crippen LogP contribution in [0.15, 0.2) is 0 Å². The molecule has 0 spiro atoms. The molecule has 1 saturated heterocycles. The van der Waals surface area contributed by atoms with Crippen molar-refractivity contribution in [3.05, 3.63) is 0 Å². The summed E-state index contributed by atoms with van der Waals surface area (Å²) in [5.41, 5.74) is 0. The summed E-state index contributed by atoms with van der Waals surface area (Å²) in [6.07, 6.45) is -3.39. The van der Waals surface area contributed by atoms with Crippen LogP contribution in [0.2, 0.25) is 0 Å². The van der Waals surface area contributed by atoms with Gasteiger partial charge >= 0.3 is 12.1 Å². The van der Waals surface area contributed by atoms with Crippen molar-refractivity contribution in [1.29, 1.82) is 0 Å². The zero-order valence-electron chi connectivity index (χ0n) is 21.1. The number of halogens is 3. The molecule has 0 bridgehead atoms. The van der Waals surface area contributed by atoms with E-state index in [0.29, 0.717) is 26.2 Å². The average molecular weight is 501 g/mol. The maximum atomic E-state index is 13.0. The first kappa shape index (κ1) is 31.1. The van der Waals surface area contributed by atoms with Gasteiger partial charge in [0.25, 0.3) is 0 Å². The number of carbonyl (C=O) groups excluding carboxylic acids is 1. The van der Waals surface area contributed by atoms with Crippen LogP contribution in [-0.4, -0.2) is 75.9 Å². The second kappa shape index (κ2) is 17.5. The molecule has 1 aliphatic rings. The molecule has 0 aromatic rings. The molecule has 0 aromatic heterocycles. The number of hydrogen-bond acceptors (Lipinski definition) is 7. The van der Waals surface area contributed by atoms with Gasteiger partial charge in [0.05, 0.1) is 6.61 Å². The molecule has 1 aliphatic heterocycles. The lowest BCUT2D eigenvalue weighted by Crippen LogP contribution is -2.62. The SMILES string of the molecule is CCCCOCC1OC(OC(=O)C(F)(F)F)C(OCCCC)C(OCCCC)C1OCCCC. The number of rotatable bonds is 18. The van der Waals surface area contributed by atoms with E-state index in [-0.39, 0.29) is 13.2 Å². The highest BCUT2D eigenvalue weighted by atomic mass is 19.4. The summed E-state index contributed by atoms with van der Waals surface area (Å²) in [6.45, 7) is 9.65. The number of esters is 1. The normalized spacial score (nSPS) is 25.4. The molecule has 1 fully saturated rings. The van der Waals surface area contributed by atoms with Gasteiger partial charge in [-0.2, -0.15) is 13.2 Å². The van der Waals surface area contributed by atoms with Gasteiger partial charge in [0.2, 0.25) is 6.29 Å². The summed E-state index contributed by atoms with van der Waals surface area (Å²) in [5.74, 6) is -2.33. The van der Waals surface area contributed by atoms with Crippen molar-refractivity contribution in [2.45, 2.75) is 116 Å². The number of hydrogen-bond donors (Lipinski definition) is 0. The Labute approximate surface area is 201 Å². The largest absolute Gasteiger partial charge is 0.491 e. The van der Waals surface area contributed by atoms with Crippen LogP contribution >= 0.6 is 0 Å². The number of alkyl halides is 3. The summed E-state index contributed by atoms with van der Waals surface area (Å²) >= 11 is 0. The molecule has 0 saturated carbocycles. The van der Waals surface area contributed by atoms with E-state index in [2.05, 4.69) is 0 Å². The van der Waals surface area contributed by atoms with Gasteiger partial charge in [0.15, 0.2) is 0 Å². The van der Waals surface area contributed by atoms with Crippen LogP contribution in [0.25, 0.3) is 0 Å². The highest BCUT2D eigenvalue weighted by Gasteiger charge is 2.52. The van der Waals surface area contributed by atoms with Gasteiger partial charge in [-0.3, -0.25) is 0 Å². The Morgan fingerprint density at radius 3 is 1.71 bits per heavy atom. The van der Waals surface area contributed by atoms with Crippen LogP contribution in [0.5, 0.6) is 0 Å². The third kappa shape index (κ3) is 11.2. The third-order valence-electron chi connectivity index (χ3n) is 5.39. The predicted octanol–water partition coefficient (Wildman–Crippen LogP) is 5.19. The van der Waals surface area contributed by atoms with E-state index in [1.807, 2.05) is 27.7 Å². The monoisotopic (exact) mass is 500 g/mol. The molecule has 7 nitrogen and oxygen atoms in total. The van der Waals surface area contributed by atoms with Crippen molar-refractivity contribution >= 4 is 5.97 Å². The van der Waals surface area contributed by atoms with E-state index < -0.39 is 42.9 Å². The van der Waals surface area contributed by atoms with Crippen LogP contribution in [0, 0.1) is 0 Å². The van der Waals surface area contributed by atoms with Crippen molar-refractivity contribution in [1.82, 2.24) is 0 Å².